The van der Waals surface area contributed by atoms with E-state index in [-0.39, 0.29) is 22.5 Å². The first kappa shape index (κ1) is 17.3. The van der Waals surface area contributed by atoms with Crippen LogP contribution in [0.2, 0.25) is 0 Å². The van der Waals surface area contributed by atoms with Crippen LogP contribution in [0.1, 0.15) is 20.8 Å². The van der Waals surface area contributed by atoms with Gasteiger partial charge in [0.05, 0.1) is 10.6 Å². The fourth-order valence-corrected chi connectivity index (χ4v) is 3.43. The highest BCUT2D eigenvalue weighted by atomic mass is 32.2. The van der Waals surface area contributed by atoms with Crippen molar-refractivity contribution in [1.82, 2.24) is 4.31 Å². The number of nitrogens with two attached hydrogens (primary N) is 1. The number of nitrogens with one attached hydrogen (secondary N) is 1. The number of rotatable bonds is 6. The Labute approximate surface area is 124 Å². The number of nitro groups is 1. The van der Waals surface area contributed by atoms with Gasteiger partial charge in [-0.25, -0.2) is 8.42 Å². The molecule has 1 rings (SSSR count). The second-order valence-electron chi connectivity index (χ2n) is 5.09. The fourth-order valence-electron chi connectivity index (χ4n) is 1.76. The first-order valence-corrected chi connectivity index (χ1v) is 7.80. The molecule has 3 N–H and O–H groups in total. The zero-order valence-corrected chi connectivity index (χ0v) is 13.2. The van der Waals surface area contributed by atoms with Crippen molar-refractivity contribution in [3.8, 4) is 0 Å². The molecule has 0 aromatic heterocycles. The number of hydrogen-bond acceptors (Lipinski definition) is 6. The summed E-state index contributed by atoms with van der Waals surface area (Å²) in [5.74, 6) is 5.31. The monoisotopic (exact) mass is 316 g/mol. The summed E-state index contributed by atoms with van der Waals surface area (Å²) in [5, 5.41) is 11.1. The van der Waals surface area contributed by atoms with E-state index in [0.29, 0.717) is 0 Å². The molecule has 0 amide bonds. The van der Waals surface area contributed by atoms with E-state index in [1.165, 1.54) is 13.1 Å². The number of anilines is 1. The molecule has 0 saturated heterocycles. The first-order chi connectivity index (χ1) is 9.62. The number of nitrogen functional groups attached to an aromatic ring is 1. The Kier molecular flexibility index (Phi) is 5.26. The van der Waals surface area contributed by atoms with E-state index >= 15 is 0 Å². The van der Waals surface area contributed by atoms with Crippen molar-refractivity contribution in [3.05, 3.63) is 28.3 Å². The summed E-state index contributed by atoms with van der Waals surface area (Å²) in [6.45, 7) is 5.50. The molecular formula is C12H20N4O4S. The topological polar surface area (TPSA) is 119 Å². The number of nitrogens with zero attached hydrogens (tertiary/aromatic N) is 2. The maximum atomic E-state index is 12.6. The van der Waals surface area contributed by atoms with Crippen LogP contribution in [0.4, 0.5) is 11.4 Å². The number of sulfonamides is 1. The van der Waals surface area contributed by atoms with E-state index in [2.05, 4.69) is 5.43 Å². The van der Waals surface area contributed by atoms with Crippen LogP contribution in [0.5, 0.6) is 0 Å². The molecule has 9 heteroatoms. The Morgan fingerprint density at radius 3 is 2.33 bits per heavy atom. The predicted octanol–water partition coefficient (Wildman–Crippen LogP) is 1.55. The first-order valence-electron chi connectivity index (χ1n) is 6.36. The minimum atomic E-state index is -4.00. The van der Waals surface area contributed by atoms with Crippen LogP contribution < -0.4 is 11.3 Å². The lowest BCUT2D eigenvalue weighted by Gasteiger charge is -2.27. The van der Waals surface area contributed by atoms with E-state index in [4.69, 9.17) is 5.84 Å². The molecule has 0 radical (unpaired) electrons. The van der Waals surface area contributed by atoms with E-state index in [1.54, 1.807) is 6.92 Å². The normalized spacial score (nSPS) is 13.5. The molecule has 0 aliphatic heterocycles. The molecule has 21 heavy (non-hydrogen) atoms. The molecule has 0 saturated carbocycles. The van der Waals surface area contributed by atoms with Crippen LogP contribution in [0, 0.1) is 16.0 Å². The predicted molar refractivity (Wildman–Crippen MR) is 80.2 cm³/mol. The average Bonchev–Trinajstić information content (AvgIpc) is 2.44. The largest absolute Gasteiger partial charge is 0.324 e. The zero-order chi connectivity index (χ0) is 16.4. The van der Waals surface area contributed by atoms with Crippen molar-refractivity contribution in [2.24, 2.45) is 11.8 Å². The number of benzene rings is 1. The van der Waals surface area contributed by atoms with Crippen molar-refractivity contribution >= 4 is 21.4 Å². The molecule has 1 aromatic rings. The average molecular weight is 316 g/mol. The molecule has 1 unspecified atom stereocenters. The van der Waals surface area contributed by atoms with Gasteiger partial charge in [-0.05, 0) is 25.0 Å². The van der Waals surface area contributed by atoms with Crippen LogP contribution in [-0.2, 0) is 10.0 Å². The second-order valence-corrected chi connectivity index (χ2v) is 7.06. The quantitative estimate of drug-likeness (QED) is 0.467. The summed E-state index contributed by atoms with van der Waals surface area (Å²) in [7, 11) is -2.59. The number of hydrogen-bond donors (Lipinski definition) is 2. The maximum Gasteiger partial charge on any atom is 0.289 e. The summed E-state index contributed by atoms with van der Waals surface area (Å²) in [6.07, 6.45) is 0. The van der Waals surface area contributed by atoms with Crippen LogP contribution in [0.3, 0.4) is 0 Å². The summed E-state index contributed by atoms with van der Waals surface area (Å²) < 4.78 is 26.4. The molecular weight excluding hydrogens is 296 g/mol. The Morgan fingerprint density at radius 2 is 1.90 bits per heavy atom. The molecule has 8 nitrogen and oxygen atoms in total. The minimum absolute atomic E-state index is 0.0691. The van der Waals surface area contributed by atoms with E-state index in [9.17, 15) is 18.5 Å². The SMILES string of the molecule is CC(C)C(C)N(C)S(=O)(=O)c1cc(NN)ccc1[N+](=O)[O-]. The molecule has 0 spiro atoms. The third kappa shape index (κ3) is 3.49. The van der Waals surface area contributed by atoms with Crippen molar-refractivity contribution < 1.29 is 13.3 Å². The van der Waals surface area contributed by atoms with Gasteiger partial charge in [-0.15, -0.1) is 0 Å². The lowest BCUT2D eigenvalue weighted by molar-refractivity contribution is -0.387. The Bertz CT molecular complexity index is 630. The van der Waals surface area contributed by atoms with Crippen LogP contribution in [0.15, 0.2) is 23.1 Å². The molecule has 0 aliphatic rings. The Morgan fingerprint density at radius 1 is 1.33 bits per heavy atom. The highest BCUT2D eigenvalue weighted by molar-refractivity contribution is 7.89. The lowest BCUT2D eigenvalue weighted by Crippen LogP contribution is -2.38. The summed E-state index contributed by atoms with van der Waals surface area (Å²) in [4.78, 5) is 9.97. The van der Waals surface area contributed by atoms with E-state index in [0.717, 1.165) is 16.4 Å². The summed E-state index contributed by atoms with van der Waals surface area (Å²) >= 11 is 0. The van der Waals surface area contributed by atoms with Gasteiger partial charge in [-0.3, -0.25) is 16.0 Å². The second kappa shape index (κ2) is 6.37. The Hall–Kier alpha value is -1.71. The highest BCUT2D eigenvalue weighted by Gasteiger charge is 2.33. The van der Waals surface area contributed by atoms with Crippen molar-refractivity contribution in [2.45, 2.75) is 31.7 Å². The van der Waals surface area contributed by atoms with Gasteiger partial charge >= 0.3 is 0 Å². The van der Waals surface area contributed by atoms with Gasteiger partial charge in [0, 0.05) is 19.2 Å². The molecule has 0 aliphatic carbocycles. The Balaban J connectivity index is 3.45. The standard InChI is InChI=1S/C12H20N4O4S/c1-8(2)9(3)15(4)21(19,20)12-7-10(14-13)5-6-11(12)16(17)18/h5-9,14H,13H2,1-4H3. The van der Waals surface area contributed by atoms with Gasteiger partial charge in [0.1, 0.15) is 0 Å². The van der Waals surface area contributed by atoms with Crippen molar-refractivity contribution in [2.75, 3.05) is 12.5 Å². The summed E-state index contributed by atoms with van der Waals surface area (Å²) in [5.41, 5.74) is 2.10. The molecule has 0 bridgehead atoms. The number of nitro benzene ring substituents is 1. The molecule has 118 valence electrons. The van der Waals surface area contributed by atoms with Crippen molar-refractivity contribution in [1.29, 1.82) is 0 Å². The van der Waals surface area contributed by atoms with Gasteiger partial charge in [0.15, 0.2) is 4.90 Å². The maximum absolute atomic E-state index is 12.6. The third-order valence-corrected chi connectivity index (χ3v) is 5.49. The van der Waals surface area contributed by atoms with Crippen LogP contribution in [0.25, 0.3) is 0 Å². The zero-order valence-electron chi connectivity index (χ0n) is 12.4. The molecule has 1 atom stereocenters. The highest BCUT2D eigenvalue weighted by Crippen LogP contribution is 2.30. The fraction of sp³-hybridized carbons (Fsp3) is 0.500. The lowest BCUT2D eigenvalue weighted by atomic mass is 10.1. The van der Waals surface area contributed by atoms with E-state index < -0.39 is 20.6 Å². The van der Waals surface area contributed by atoms with Crippen molar-refractivity contribution in [3.63, 3.8) is 0 Å². The van der Waals surface area contributed by atoms with Gasteiger partial charge in [0.25, 0.3) is 5.69 Å². The van der Waals surface area contributed by atoms with Crippen LogP contribution >= 0.6 is 0 Å². The van der Waals surface area contributed by atoms with Gasteiger partial charge in [0.2, 0.25) is 10.0 Å². The molecule has 0 fully saturated rings. The third-order valence-electron chi connectivity index (χ3n) is 3.52. The molecule has 0 heterocycles. The molecule has 1 aromatic carbocycles. The van der Waals surface area contributed by atoms with Gasteiger partial charge in [-0.2, -0.15) is 4.31 Å². The smallest absolute Gasteiger partial charge is 0.289 e. The van der Waals surface area contributed by atoms with Gasteiger partial charge < -0.3 is 5.43 Å². The van der Waals surface area contributed by atoms with Crippen LogP contribution in [-0.4, -0.2) is 30.7 Å². The van der Waals surface area contributed by atoms with E-state index in [1.807, 2.05) is 13.8 Å². The van der Waals surface area contributed by atoms with Gasteiger partial charge in [-0.1, -0.05) is 13.8 Å². The number of hydrazine groups is 1. The minimum Gasteiger partial charge on any atom is -0.324 e. The summed E-state index contributed by atoms with van der Waals surface area (Å²) in [6, 6.07) is 3.33.